The molecule has 0 aromatic heterocycles. The molecule has 40 heavy (non-hydrogen) atoms. The van der Waals surface area contributed by atoms with Crippen LogP contribution in [0.1, 0.15) is 31.9 Å². The molecule has 0 saturated heterocycles. The summed E-state index contributed by atoms with van der Waals surface area (Å²) in [5.41, 5.74) is 1.09. The number of hydrogen-bond acceptors (Lipinski definition) is 8. The van der Waals surface area contributed by atoms with Crippen molar-refractivity contribution in [1.29, 1.82) is 0 Å². The minimum atomic E-state index is -4.20. The molecule has 0 fully saturated rings. The molecule has 3 aromatic carbocycles. The van der Waals surface area contributed by atoms with Gasteiger partial charge in [0.05, 0.1) is 51.7 Å². The van der Waals surface area contributed by atoms with Gasteiger partial charge in [0.25, 0.3) is 10.0 Å². The molecule has 0 aliphatic rings. The van der Waals surface area contributed by atoms with Crippen molar-refractivity contribution >= 4 is 21.6 Å². The van der Waals surface area contributed by atoms with Crippen molar-refractivity contribution in [3.63, 3.8) is 0 Å². The van der Waals surface area contributed by atoms with Gasteiger partial charge in [-0.3, -0.25) is 9.10 Å². The Balaban J connectivity index is 1.96. The van der Waals surface area contributed by atoms with E-state index in [2.05, 4.69) is 5.32 Å². The number of amides is 1. The van der Waals surface area contributed by atoms with Crippen molar-refractivity contribution in [3.8, 4) is 28.7 Å². The van der Waals surface area contributed by atoms with Gasteiger partial charge in [-0.25, -0.2) is 8.42 Å². The Kier molecular flexibility index (Phi) is 10.5. The van der Waals surface area contributed by atoms with Gasteiger partial charge in [0, 0.05) is 6.07 Å². The average Bonchev–Trinajstić information content (AvgIpc) is 2.98. The number of nitrogens with one attached hydrogen (secondary N) is 1. The SMILES string of the molecule is CCOc1ccc(N(CC(=O)NC(CC)c2ccc(OC)c(OC)c2)S(=O)(=O)c2ccc(OC)c(OC)c2)cc1. The molecule has 10 nitrogen and oxygen atoms in total. The molecule has 0 saturated carbocycles. The topological polar surface area (TPSA) is 113 Å². The summed E-state index contributed by atoms with van der Waals surface area (Å²) in [5, 5.41) is 2.96. The van der Waals surface area contributed by atoms with Crippen molar-refractivity contribution in [1.82, 2.24) is 5.32 Å². The molecular formula is C29H36N2O8S. The van der Waals surface area contributed by atoms with Crippen LogP contribution in [0.5, 0.6) is 28.7 Å². The third kappa shape index (κ3) is 6.90. The van der Waals surface area contributed by atoms with Gasteiger partial charge in [-0.15, -0.1) is 0 Å². The number of sulfonamides is 1. The monoisotopic (exact) mass is 572 g/mol. The van der Waals surface area contributed by atoms with Crippen LogP contribution in [0.2, 0.25) is 0 Å². The Bertz CT molecular complexity index is 1390. The van der Waals surface area contributed by atoms with E-state index in [1.54, 1.807) is 43.5 Å². The number of hydrogen-bond donors (Lipinski definition) is 1. The third-order valence-electron chi connectivity index (χ3n) is 6.22. The van der Waals surface area contributed by atoms with Crippen LogP contribution >= 0.6 is 0 Å². The van der Waals surface area contributed by atoms with Crippen molar-refractivity contribution in [2.45, 2.75) is 31.2 Å². The van der Waals surface area contributed by atoms with E-state index >= 15 is 0 Å². The lowest BCUT2D eigenvalue weighted by molar-refractivity contribution is -0.120. The zero-order chi connectivity index (χ0) is 29.3. The summed E-state index contributed by atoms with van der Waals surface area (Å²) >= 11 is 0. The van der Waals surface area contributed by atoms with Gasteiger partial charge in [-0.2, -0.15) is 0 Å². The Hall–Kier alpha value is -4.12. The number of carbonyl (C=O) groups is 1. The summed E-state index contributed by atoms with van der Waals surface area (Å²) in [6.45, 7) is 3.78. The largest absolute Gasteiger partial charge is 0.494 e. The van der Waals surface area contributed by atoms with E-state index in [0.29, 0.717) is 41.7 Å². The molecule has 0 radical (unpaired) electrons. The summed E-state index contributed by atoms with van der Waals surface area (Å²) in [6, 6.07) is 15.8. The molecule has 1 unspecified atom stereocenters. The zero-order valence-corrected chi connectivity index (χ0v) is 24.4. The molecule has 0 aliphatic heterocycles. The van der Waals surface area contributed by atoms with Crippen LogP contribution < -0.4 is 33.3 Å². The second-order valence-electron chi connectivity index (χ2n) is 8.60. The van der Waals surface area contributed by atoms with Gasteiger partial charge in [0.1, 0.15) is 12.3 Å². The van der Waals surface area contributed by atoms with E-state index in [4.69, 9.17) is 23.7 Å². The van der Waals surface area contributed by atoms with Gasteiger partial charge >= 0.3 is 0 Å². The van der Waals surface area contributed by atoms with Gasteiger partial charge in [0.15, 0.2) is 23.0 Å². The minimum absolute atomic E-state index is 0.0567. The molecular weight excluding hydrogens is 536 g/mol. The molecule has 0 aliphatic carbocycles. The Morgan fingerprint density at radius 3 is 1.93 bits per heavy atom. The Morgan fingerprint density at radius 1 is 0.800 bits per heavy atom. The van der Waals surface area contributed by atoms with Crippen LogP contribution in [0.25, 0.3) is 0 Å². The minimum Gasteiger partial charge on any atom is -0.494 e. The van der Waals surface area contributed by atoms with Gasteiger partial charge in [-0.05, 0) is 67.4 Å². The van der Waals surface area contributed by atoms with E-state index in [-0.39, 0.29) is 10.6 Å². The first kappa shape index (κ1) is 30.4. The predicted octanol–water partition coefficient (Wildman–Crippen LogP) is 4.58. The van der Waals surface area contributed by atoms with Crippen molar-refractivity contribution in [2.24, 2.45) is 0 Å². The number of nitrogens with zero attached hydrogens (tertiary/aromatic N) is 1. The standard InChI is InChI=1S/C29H36N2O8S/c1-7-24(20-9-15-25(35-3)27(17-20)37-5)30-29(32)19-31(21-10-12-22(13-11-21)39-8-2)40(33,34)23-14-16-26(36-4)28(18-23)38-6/h9-18,24H,7-8,19H2,1-6H3,(H,30,32). The van der Waals surface area contributed by atoms with Crippen LogP contribution in [0.3, 0.4) is 0 Å². The molecule has 3 aromatic rings. The van der Waals surface area contributed by atoms with Crippen molar-refractivity contribution in [3.05, 3.63) is 66.2 Å². The highest BCUT2D eigenvalue weighted by atomic mass is 32.2. The maximum atomic E-state index is 13.9. The fraction of sp³-hybridized carbons (Fsp3) is 0.345. The summed E-state index contributed by atoms with van der Waals surface area (Å²) in [7, 11) is 1.77. The Labute approximate surface area is 235 Å². The second kappa shape index (κ2) is 13.8. The summed E-state index contributed by atoms with van der Waals surface area (Å²) in [4.78, 5) is 13.3. The second-order valence-corrected chi connectivity index (χ2v) is 10.5. The zero-order valence-electron chi connectivity index (χ0n) is 23.6. The lowest BCUT2D eigenvalue weighted by atomic mass is 10.0. The van der Waals surface area contributed by atoms with Crippen LogP contribution in [0, 0.1) is 0 Å². The van der Waals surface area contributed by atoms with Crippen LogP contribution in [-0.2, 0) is 14.8 Å². The smallest absolute Gasteiger partial charge is 0.264 e. The van der Waals surface area contributed by atoms with E-state index in [1.807, 2.05) is 19.9 Å². The molecule has 3 rings (SSSR count). The fourth-order valence-electron chi connectivity index (χ4n) is 4.16. The fourth-order valence-corrected chi connectivity index (χ4v) is 5.59. The molecule has 0 heterocycles. The molecule has 0 spiro atoms. The lowest BCUT2D eigenvalue weighted by Crippen LogP contribution is -2.42. The molecule has 1 atom stereocenters. The number of benzene rings is 3. The third-order valence-corrected chi connectivity index (χ3v) is 7.99. The van der Waals surface area contributed by atoms with Gasteiger partial charge < -0.3 is 29.0 Å². The normalized spacial score (nSPS) is 11.8. The van der Waals surface area contributed by atoms with E-state index in [1.165, 1.54) is 39.5 Å². The van der Waals surface area contributed by atoms with Gasteiger partial charge in [-0.1, -0.05) is 13.0 Å². The number of carbonyl (C=O) groups excluding carboxylic acids is 1. The molecule has 0 bridgehead atoms. The average molecular weight is 573 g/mol. The summed E-state index contributed by atoms with van der Waals surface area (Å²) in [6.07, 6.45) is 0.562. The molecule has 11 heteroatoms. The number of rotatable bonds is 14. The maximum absolute atomic E-state index is 13.9. The van der Waals surface area contributed by atoms with Gasteiger partial charge in [0.2, 0.25) is 5.91 Å². The van der Waals surface area contributed by atoms with Crippen molar-refractivity contribution in [2.75, 3.05) is 45.9 Å². The van der Waals surface area contributed by atoms with Crippen LogP contribution in [-0.4, -0.2) is 55.9 Å². The molecule has 1 amide bonds. The van der Waals surface area contributed by atoms with Crippen LogP contribution in [0.15, 0.2) is 65.6 Å². The lowest BCUT2D eigenvalue weighted by Gasteiger charge is -2.26. The van der Waals surface area contributed by atoms with E-state index in [9.17, 15) is 13.2 Å². The Morgan fingerprint density at radius 2 is 1.38 bits per heavy atom. The molecule has 216 valence electrons. The first-order chi connectivity index (χ1) is 19.2. The number of ether oxygens (including phenoxy) is 5. The van der Waals surface area contributed by atoms with E-state index < -0.39 is 28.5 Å². The first-order valence-corrected chi connectivity index (χ1v) is 14.1. The number of anilines is 1. The highest BCUT2D eigenvalue weighted by molar-refractivity contribution is 7.92. The highest BCUT2D eigenvalue weighted by Crippen LogP contribution is 2.33. The summed E-state index contributed by atoms with van der Waals surface area (Å²) < 4.78 is 55.7. The summed E-state index contributed by atoms with van der Waals surface area (Å²) in [5.74, 6) is 1.82. The quantitative estimate of drug-likeness (QED) is 0.299. The predicted molar refractivity (Wildman–Crippen MR) is 152 cm³/mol. The van der Waals surface area contributed by atoms with Crippen molar-refractivity contribution < 1.29 is 36.9 Å². The highest BCUT2D eigenvalue weighted by Gasteiger charge is 2.29. The molecule has 1 N–H and O–H groups in total. The van der Waals surface area contributed by atoms with E-state index in [0.717, 1.165) is 9.87 Å². The van der Waals surface area contributed by atoms with Crippen LogP contribution in [0.4, 0.5) is 5.69 Å². The number of methoxy groups -OCH3 is 4. The maximum Gasteiger partial charge on any atom is 0.264 e. The first-order valence-electron chi connectivity index (χ1n) is 12.7.